The molecule has 1 spiro atoms. The number of amides is 3. The second-order valence-electron chi connectivity index (χ2n) is 9.05. The standard InChI is InChI=1S/C26H28N4O5/c1-2-35-24(33)18-8-10-20(11-9-18)30-22(31)16-21(23(30)32)28-14-12-26(13-15-28)25(34)27-17-29(26)19-6-4-3-5-7-19/h3-11,21H,2,12-17H2,1H3,(H,27,34)/t21-/m1/s1. The predicted molar refractivity (Wildman–Crippen MR) is 129 cm³/mol. The number of ether oxygens (including phenoxy) is 1. The fourth-order valence-electron chi connectivity index (χ4n) is 5.37. The molecule has 0 aliphatic carbocycles. The molecule has 1 N–H and O–H groups in total. The van der Waals surface area contributed by atoms with Crippen LogP contribution in [0.15, 0.2) is 54.6 Å². The molecule has 3 amide bonds. The maximum Gasteiger partial charge on any atom is 0.338 e. The van der Waals surface area contributed by atoms with Crippen molar-refractivity contribution in [1.29, 1.82) is 0 Å². The van der Waals surface area contributed by atoms with Gasteiger partial charge in [0, 0.05) is 18.8 Å². The number of esters is 1. The van der Waals surface area contributed by atoms with Gasteiger partial charge in [-0.2, -0.15) is 0 Å². The lowest BCUT2D eigenvalue weighted by Gasteiger charge is -2.44. The fourth-order valence-corrected chi connectivity index (χ4v) is 5.37. The summed E-state index contributed by atoms with van der Waals surface area (Å²) in [5, 5.41) is 2.98. The lowest BCUT2D eigenvalue weighted by Crippen LogP contribution is -2.58. The van der Waals surface area contributed by atoms with Gasteiger partial charge in [-0.25, -0.2) is 9.69 Å². The zero-order valence-electron chi connectivity index (χ0n) is 19.6. The van der Waals surface area contributed by atoms with Crippen molar-refractivity contribution < 1.29 is 23.9 Å². The Morgan fingerprint density at radius 3 is 2.34 bits per heavy atom. The highest BCUT2D eigenvalue weighted by Crippen LogP contribution is 2.38. The number of hydrogen-bond acceptors (Lipinski definition) is 7. The SMILES string of the molecule is CCOC(=O)c1ccc(N2C(=O)C[C@@H](N3CCC4(CC3)C(=O)NCN4c3ccccc3)C2=O)cc1. The van der Waals surface area contributed by atoms with E-state index in [-0.39, 0.29) is 30.7 Å². The van der Waals surface area contributed by atoms with E-state index in [0.717, 1.165) is 5.69 Å². The maximum atomic E-state index is 13.3. The summed E-state index contributed by atoms with van der Waals surface area (Å²) in [6.45, 7) is 3.54. The molecule has 5 rings (SSSR count). The van der Waals surface area contributed by atoms with Crippen LogP contribution in [0.5, 0.6) is 0 Å². The molecule has 3 aliphatic heterocycles. The molecule has 3 heterocycles. The third kappa shape index (κ3) is 3.95. The van der Waals surface area contributed by atoms with E-state index in [1.807, 2.05) is 35.2 Å². The van der Waals surface area contributed by atoms with Gasteiger partial charge < -0.3 is 15.0 Å². The van der Waals surface area contributed by atoms with E-state index in [9.17, 15) is 19.2 Å². The molecule has 0 aromatic heterocycles. The third-order valence-corrected chi connectivity index (χ3v) is 7.23. The molecule has 9 nitrogen and oxygen atoms in total. The molecule has 1 atom stereocenters. The van der Waals surface area contributed by atoms with Gasteiger partial charge in [-0.15, -0.1) is 0 Å². The molecule has 3 saturated heterocycles. The summed E-state index contributed by atoms with van der Waals surface area (Å²) in [6, 6.07) is 15.6. The highest BCUT2D eigenvalue weighted by Gasteiger charge is 2.52. The normalized spacial score (nSPS) is 22.1. The predicted octanol–water partition coefficient (Wildman–Crippen LogP) is 1.92. The molecular formula is C26H28N4O5. The van der Waals surface area contributed by atoms with Crippen molar-refractivity contribution in [3.8, 4) is 0 Å². The number of nitrogens with zero attached hydrogens (tertiary/aromatic N) is 3. The zero-order chi connectivity index (χ0) is 24.6. The van der Waals surface area contributed by atoms with Crippen LogP contribution in [0.3, 0.4) is 0 Å². The molecule has 9 heteroatoms. The van der Waals surface area contributed by atoms with Crippen molar-refractivity contribution in [3.63, 3.8) is 0 Å². The lowest BCUT2D eigenvalue weighted by atomic mass is 9.85. The number of carbonyl (C=O) groups is 4. The minimum Gasteiger partial charge on any atom is -0.462 e. The van der Waals surface area contributed by atoms with E-state index in [1.165, 1.54) is 4.90 Å². The zero-order valence-corrected chi connectivity index (χ0v) is 19.6. The van der Waals surface area contributed by atoms with Crippen molar-refractivity contribution in [2.45, 2.75) is 37.8 Å². The van der Waals surface area contributed by atoms with Crippen LogP contribution in [0.1, 0.15) is 36.5 Å². The summed E-state index contributed by atoms with van der Waals surface area (Å²) in [7, 11) is 0. The number of imide groups is 1. The summed E-state index contributed by atoms with van der Waals surface area (Å²) in [5.41, 5.74) is 1.15. The molecule has 0 unspecified atom stereocenters. The quantitative estimate of drug-likeness (QED) is 0.520. The van der Waals surface area contributed by atoms with E-state index in [4.69, 9.17) is 4.74 Å². The number of hydrogen-bond donors (Lipinski definition) is 1. The second-order valence-corrected chi connectivity index (χ2v) is 9.05. The Morgan fingerprint density at radius 2 is 1.69 bits per heavy atom. The molecule has 0 radical (unpaired) electrons. The first-order valence-corrected chi connectivity index (χ1v) is 11.9. The van der Waals surface area contributed by atoms with Gasteiger partial charge >= 0.3 is 5.97 Å². The van der Waals surface area contributed by atoms with E-state index in [0.29, 0.717) is 43.9 Å². The summed E-state index contributed by atoms with van der Waals surface area (Å²) in [6.07, 6.45) is 1.24. The van der Waals surface area contributed by atoms with E-state index < -0.39 is 17.6 Å². The number of benzene rings is 2. The average molecular weight is 477 g/mol. The number of rotatable bonds is 5. The Hall–Kier alpha value is -3.72. The minimum absolute atomic E-state index is 0.0122. The topological polar surface area (TPSA) is 99.3 Å². The summed E-state index contributed by atoms with van der Waals surface area (Å²) >= 11 is 0. The monoisotopic (exact) mass is 476 g/mol. The minimum atomic E-state index is -0.647. The van der Waals surface area contributed by atoms with Crippen molar-refractivity contribution in [2.75, 3.05) is 36.2 Å². The molecular weight excluding hydrogens is 448 g/mol. The van der Waals surface area contributed by atoms with Crippen LogP contribution in [0.2, 0.25) is 0 Å². The molecule has 3 aliphatic rings. The Labute approximate surface area is 203 Å². The Kier molecular flexibility index (Phi) is 6.02. The van der Waals surface area contributed by atoms with Crippen molar-refractivity contribution in [3.05, 3.63) is 60.2 Å². The molecule has 2 aromatic carbocycles. The number of anilines is 2. The van der Waals surface area contributed by atoms with Crippen LogP contribution in [0, 0.1) is 0 Å². The molecule has 182 valence electrons. The highest BCUT2D eigenvalue weighted by atomic mass is 16.5. The van der Waals surface area contributed by atoms with Crippen molar-refractivity contribution >= 4 is 35.1 Å². The Bertz CT molecular complexity index is 1140. The Morgan fingerprint density at radius 1 is 1.00 bits per heavy atom. The molecule has 0 saturated carbocycles. The largest absolute Gasteiger partial charge is 0.462 e. The molecule has 3 fully saturated rings. The van der Waals surface area contributed by atoms with Gasteiger partial charge in [-0.1, -0.05) is 18.2 Å². The number of likely N-dealkylation sites (tertiary alicyclic amines) is 1. The van der Waals surface area contributed by atoms with Gasteiger partial charge in [-0.3, -0.25) is 19.3 Å². The van der Waals surface area contributed by atoms with Crippen LogP contribution in [-0.4, -0.2) is 66.5 Å². The maximum absolute atomic E-state index is 13.3. The van der Waals surface area contributed by atoms with Crippen molar-refractivity contribution in [1.82, 2.24) is 10.2 Å². The van der Waals surface area contributed by atoms with Crippen LogP contribution in [-0.2, 0) is 19.1 Å². The summed E-state index contributed by atoms with van der Waals surface area (Å²) in [4.78, 5) is 56.2. The first-order valence-electron chi connectivity index (χ1n) is 11.9. The average Bonchev–Trinajstić information content (AvgIpc) is 3.35. The van der Waals surface area contributed by atoms with Gasteiger partial charge in [0.15, 0.2) is 0 Å². The van der Waals surface area contributed by atoms with Gasteiger partial charge in [0.25, 0.3) is 5.91 Å². The third-order valence-electron chi connectivity index (χ3n) is 7.23. The van der Waals surface area contributed by atoms with E-state index in [2.05, 4.69) is 10.2 Å². The number of para-hydroxylation sites is 1. The van der Waals surface area contributed by atoms with Crippen molar-refractivity contribution in [2.24, 2.45) is 0 Å². The van der Waals surface area contributed by atoms with E-state index >= 15 is 0 Å². The number of carbonyl (C=O) groups excluding carboxylic acids is 4. The lowest BCUT2D eigenvalue weighted by molar-refractivity contribution is -0.126. The van der Waals surface area contributed by atoms with Gasteiger partial charge in [-0.05, 0) is 56.2 Å². The summed E-state index contributed by atoms with van der Waals surface area (Å²) in [5.74, 6) is -0.976. The van der Waals surface area contributed by atoms with Gasteiger partial charge in [0.2, 0.25) is 11.8 Å². The molecule has 2 aromatic rings. The second kappa shape index (κ2) is 9.14. The van der Waals surface area contributed by atoms with Gasteiger partial charge in [0.05, 0.1) is 37.0 Å². The molecule has 35 heavy (non-hydrogen) atoms. The van der Waals surface area contributed by atoms with Gasteiger partial charge in [0.1, 0.15) is 5.54 Å². The highest BCUT2D eigenvalue weighted by molar-refractivity contribution is 6.22. The smallest absolute Gasteiger partial charge is 0.338 e. The fraction of sp³-hybridized carbons (Fsp3) is 0.385. The van der Waals surface area contributed by atoms with E-state index in [1.54, 1.807) is 31.2 Å². The first kappa shape index (κ1) is 23.0. The number of nitrogens with one attached hydrogen (secondary N) is 1. The molecule has 0 bridgehead atoms. The van der Waals surface area contributed by atoms with Crippen LogP contribution >= 0.6 is 0 Å². The summed E-state index contributed by atoms with van der Waals surface area (Å²) < 4.78 is 4.99. The van der Waals surface area contributed by atoms with Crippen LogP contribution < -0.4 is 15.1 Å². The van der Waals surface area contributed by atoms with Crippen LogP contribution in [0.25, 0.3) is 0 Å². The first-order chi connectivity index (χ1) is 16.9. The number of piperidine rings is 1. The Balaban J connectivity index is 1.28. The van der Waals surface area contributed by atoms with Crippen LogP contribution in [0.4, 0.5) is 11.4 Å².